The standard InChI is InChI=1S/C19H22N2O8S/c1-30(26,27)29-10-9-28-8-2-3-12-4-5-13-14(11-12)19(25)21(18(13)24)15-6-7-16(22)20-17(15)23/h4-5,11,15H,2-3,6-10H2,1H3,(H,20,22,23). The molecule has 10 nitrogen and oxygen atoms in total. The summed E-state index contributed by atoms with van der Waals surface area (Å²) in [5, 5.41) is 2.16. The van der Waals surface area contributed by atoms with Gasteiger partial charge in [0, 0.05) is 13.0 Å². The Morgan fingerprint density at radius 2 is 1.80 bits per heavy atom. The molecule has 0 bridgehead atoms. The van der Waals surface area contributed by atoms with Gasteiger partial charge in [0.15, 0.2) is 0 Å². The average molecular weight is 438 g/mol. The van der Waals surface area contributed by atoms with E-state index in [0.29, 0.717) is 19.4 Å². The van der Waals surface area contributed by atoms with Crippen molar-refractivity contribution in [1.82, 2.24) is 10.2 Å². The lowest BCUT2D eigenvalue weighted by Gasteiger charge is -2.27. The molecule has 0 aliphatic carbocycles. The zero-order valence-corrected chi connectivity index (χ0v) is 17.2. The van der Waals surface area contributed by atoms with Crippen LogP contribution in [0, 0.1) is 0 Å². The van der Waals surface area contributed by atoms with E-state index >= 15 is 0 Å². The van der Waals surface area contributed by atoms with Gasteiger partial charge < -0.3 is 4.74 Å². The number of imide groups is 2. The minimum Gasteiger partial charge on any atom is -0.379 e. The topological polar surface area (TPSA) is 136 Å². The summed E-state index contributed by atoms with van der Waals surface area (Å²) in [6.07, 6.45) is 2.36. The number of carbonyl (C=O) groups is 4. The maximum Gasteiger partial charge on any atom is 0.264 e. The molecular weight excluding hydrogens is 416 g/mol. The molecule has 0 spiro atoms. The number of ether oxygens (including phenoxy) is 1. The summed E-state index contributed by atoms with van der Waals surface area (Å²) in [4.78, 5) is 49.7. The zero-order valence-electron chi connectivity index (χ0n) is 16.4. The summed E-state index contributed by atoms with van der Waals surface area (Å²) in [5.74, 6) is -2.14. The van der Waals surface area contributed by atoms with E-state index in [0.717, 1.165) is 16.7 Å². The molecule has 2 heterocycles. The van der Waals surface area contributed by atoms with Gasteiger partial charge in [-0.25, -0.2) is 0 Å². The normalized spacial score (nSPS) is 19.2. The number of hydrogen-bond donors (Lipinski definition) is 1. The van der Waals surface area contributed by atoms with Gasteiger partial charge in [0.05, 0.1) is 30.6 Å². The fourth-order valence-electron chi connectivity index (χ4n) is 3.40. The first kappa shape index (κ1) is 22.1. The summed E-state index contributed by atoms with van der Waals surface area (Å²) in [6.45, 7) is 0.467. The van der Waals surface area contributed by atoms with Crippen molar-refractivity contribution >= 4 is 33.7 Å². The van der Waals surface area contributed by atoms with E-state index < -0.39 is 39.8 Å². The molecule has 1 N–H and O–H groups in total. The molecule has 1 saturated heterocycles. The Morgan fingerprint density at radius 3 is 2.50 bits per heavy atom. The molecule has 0 saturated carbocycles. The van der Waals surface area contributed by atoms with Crippen molar-refractivity contribution in [3.63, 3.8) is 0 Å². The number of fused-ring (bicyclic) bond motifs is 1. The number of aryl methyl sites for hydroxylation is 1. The second-order valence-corrected chi connectivity index (χ2v) is 8.71. The van der Waals surface area contributed by atoms with Gasteiger partial charge >= 0.3 is 0 Å². The number of piperidine rings is 1. The summed E-state index contributed by atoms with van der Waals surface area (Å²) in [6, 6.07) is 3.96. The van der Waals surface area contributed by atoms with Gasteiger partial charge in [-0.15, -0.1) is 0 Å². The highest BCUT2D eigenvalue weighted by Gasteiger charge is 2.44. The van der Waals surface area contributed by atoms with Crippen molar-refractivity contribution < 1.29 is 36.5 Å². The summed E-state index contributed by atoms with van der Waals surface area (Å²) >= 11 is 0. The predicted molar refractivity (Wildman–Crippen MR) is 103 cm³/mol. The van der Waals surface area contributed by atoms with Gasteiger partial charge in [0.1, 0.15) is 6.04 Å². The smallest absolute Gasteiger partial charge is 0.264 e. The van der Waals surface area contributed by atoms with Crippen LogP contribution < -0.4 is 5.32 Å². The maximum absolute atomic E-state index is 12.8. The first-order valence-electron chi connectivity index (χ1n) is 9.44. The molecule has 11 heteroatoms. The quantitative estimate of drug-likeness (QED) is 0.324. The maximum atomic E-state index is 12.8. The van der Waals surface area contributed by atoms with Crippen LogP contribution in [0.4, 0.5) is 0 Å². The highest BCUT2D eigenvalue weighted by molar-refractivity contribution is 7.85. The average Bonchev–Trinajstić information content (AvgIpc) is 2.91. The molecule has 1 aromatic carbocycles. The van der Waals surface area contributed by atoms with Gasteiger partial charge in [-0.2, -0.15) is 8.42 Å². The Morgan fingerprint density at radius 1 is 1.07 bits per heavy atom. The number of nitrogens with one attached hydrogen (secondary N) is 1. The van der Waals surface area contributed by atoms with Gasteiger partial charge in [-0.1, -0.05) is 6.07 Å². The largest absolute Gasteiger partial charge is 0.379 e. The van der Waals surface area contributed by atoms with Gasteiger partial charge in [0.25, 0.3) is 21.9 Å². The zero-order chi connectivity index (χ0) is 21.9. The molecular formula is C19H22N2O8S. The number of benzene rings is 1. The van der Waals surface area contributed by atoms with Crippen LogP contribution in [0.1, 0.15) is 45.5 Å². The Bertz CT molecular complexity index is 988. The van der Waals surface area contributed by atoms with Gasteiger partial charge in [-0.05, 0) is 37.0 Å². The van der Waals surface area contributed by atoms with E-state index in [1.807, 2.05) is 0 Å². The van der Waals surface area contributed by atoms with Crippen molar-refractivity contribution in [2.45, 2.75) is 31.7 Å². The van der Waals surface area contributed by atoms with Crippen LogP contribution in [0.25, 0.3) is 0 Å². The van der Waals surface area contributed by atoms with Crippen LogP contribution in [-0.2, 0) is 35.0 Å². The second kappa shape index (κ2) is 9.02. The summed E-state index contributed by atoms with van der Waals surface area (Å²) < 4.78 is 31.5. The molecule has 3 rings (SSSR count). The molecule has 162 valence electrons. The number of rotatable bonds is 9. The third-order valence-electron chi connectivity index (χ3n) is 4.78. The van der Waals surface area contributed by atoms with Crippen molar-refractivity contribution in [2.24, 2.45) is 0 Å². The number of nitrogens with zero attached hydrogens (tertiary/aromatic N) is 1. The van der Waals surface area contributed by atoms with Crippen molar-refractivity contribution in [3.8, 4) is 0 Å². The van der Waals surface area contributed by atoms with E-state index in [2.05, 4.69) is 9.50 Å². The fourth-order valence-corrected chi connectivity index (χ4v) is 3.77. The Balaban J connectivity index is 1.55. The SMILES string of the molecule is CS(=O)(=O)OCCOCCCc1ccc2c(c1)C(=O)N(C1CCC(=O)NC1=O)C2=O. The van der Waals surface area contributed by atoms with Crippen LogP contribution in [0.15, 0.2) is 18.2 Å². The highest BCUT2D eigenvalue weighted by atomic mass is 32.2. The predicted octanol–water partition coefficient (Wildman–Crippen LogP) is 0.0132. The Labute approximate surface area is 173 Å². The van der Waals surface area contributed by atoms with E-state index in [9.17, 15) is 27.6 Å². The van der Waals surface area contributed by atoms with Crippen LogP contribution in [0.3, 0.4) is 0 Å². The van der Waals surface area contributed by atoms with Crippen LogP contribution in [0.2, 0.25) is 0 Å². The molecule has 4 amide bonds. The molecule has 0 aromatic heterocycles. The van der Waals surface area contributed by atoms with Crippen LogP contribution in [0.5, 0.6) is 0 Å². The molecule has 1 aromatic rings. The number of hydrogen-bond acceptors (Lipinski definition) is 8. The summed E-state index contributed by atoms with van der Waals surface area (Å²) in [7, 11) is -3.48. The Kier molecular flexibility index (Phi) is 6.64. The molecule has 30 heavy (non-hydrogen) atoms. The molecule has 0 radical (unpaired) electrons. The van der Waals surface area contributed by atoms with Crippen molar-refractivity contribution in [1.29, 1.82) is 0 Å². The van der Waals surface area contributed by atoms with Gasteiger partial charge in [0.2, 0.25) is 11.8 Å². The fraction of sp³-hybridized carbons (Fsp3) is 0.474. The number of carbonyl (C=O) groups excluding carboxylic acids is 4. The lowest BCUT2D eigenvalue weighted by Crippen LogP contribution is -2.54. The monoisotopic (exact) mass is 438 g/mol. The van der Waals surface area contributed by atoms with E-state index in [1.54, 1.807) is 18.2 Å². The van der Waals surface area contributed by atoms with Gasteiger partial charge in [-0.3, -0.25) is 33.6 Å². The van der Waals surface area contributed by atoms with E-state index in [1.165, 1.54) is 0 Å². The van der Waals surface area contributed by atoms with Crippen molar-refractivity contribution in [2.75, 3.05) is 26.1 Å². The molecule has 2 aliphatic heterocycles. The molecule has 1 atom stereocenters. The number of amides is 4. The third kappa shape index (κ3) is 5.10. The second-order valence-electron chi connectivity index (χ2n) is 7.07. The van der Waals surface area contributed by atoms with Crippen LogP contribution >= 0.6 is 0 Å². The first-order valence-corrected chi connectivity index (χ1v) is 11.3. The Hall–Kier alpha value is -2.63. The van der Waals surface area contributed by atoms with Crippen molar-refractivity contribution in [3.05, 3.63) is 34.9 Å². The molecule has 1 unspecified atom stereocenters. The first-order chi connectivity index (χ1) is 14.2. The minimum atomic E-state index is -3.48. The third-order valence-corrected chi connectivity index (χ3v) is 5.38. The van der Waals surface area contributed by atoms with E-state index in [4.69, 9.17) is 4.74 Å². The van der Waals surface area contributed by atoms with Crippen LogP contribution in [-0.4, -0.2) is 69.1 Å². The van der Waals surface area contributed by atoms with E-state index in [-0.39, 0.29) is 37.2 Å². The summed E-state index contributed by atoms with van der Waals surface area (Å²) in [5.41, 5.74) is 1.31. The lowest BCUT2D eigenvalue weighted by atomic mass is 10.0. The molecule has 2 aliphatic rings. The molecule has 1 fully saturated rings. The highest BCUT2D eigenvalue weighted by Crippen LogP contribution is 2.28. The lowest BCUT2D eigenvalue weighted by molar-refractivity contribution is -0.136. The minimum absolute atomic E-state index is 0.0511.